The van der Waals surface area contributed by atoms with Crippen molar-refractivity contribution in [2.24, 2.45) is 0 Å². The molecule has 1 heterocycles. The standard InChI is InChI=1S/C12H15NS/c1-10-8-13(14-9-11(10)2)12-6-4-3-5-7-12/h3-7H,8-9H2,1-2H3. The molecule has 1 nitrogen and oxygen atoms in total. The molecule has 1 aromatic carbocycles. The third-order valence-corrected chi connectivity index (χ3v) is 3.80. The van der Waals surface area contributed by atoms with Crippen molar-refractivity contribution >= 4 is 17.6 Å². The van der Waals surface area contributed by atoms with Crippen LogP contribution in [-0.4, -0.2) is 12.3 Å². The molecule has 2 rings (SSSR count). The zero-order valence-electron chi connectivity index (χ0n) is 8.66. The van der Waals surface area contributed by atoms with Gasteiger partial charge in [-0.2, -0.15) is 0 Å². The van der Waals surface area contributed by atoms with Crippen LogP contribution < -0.4 is 4.31 Å². The lowest BCUT2D eigenvalue weighted by Crippen LogP contribution is -2.22. The number of anilines is 1. The summed E-state index contributed by atoms with van der Waals surface area (Å²) in [6.45, 7) is 5.51. The third kappa shape index (κ3) is 1.95. The molecule has 0 aromatic heterocycles. The summed E-state index contributed by atoms with van der Waals surface area (Å²) >= 11 is 1.90. The minimum atomic E-state index is 1.06. The summed E-state index contributed by atoms with van der Waals surface area (Å²) in [6, 6.07) is 10.6. The smallest absolute Gasteiger partial charge is 0.0506 e. The molecule has 0 atom stereocenters. The maximum absolute atomic E-state index is 2.36. The van der Waals surface area contributed by atoms with E-state index in [2.05, 4.69) is 48.5 Å². The molecule has 2 heteroatoms. The number of rotatable bonds is 1. The molecule has 1 aliphatic heterocycles. The molecular weight excluding hydrogens is 190 g/mol. The molecule has 14 heavy (non-hydrogen) atoms. The molecule has 0 amide bonds. The second kappa shape index (κ2) is 4.09. The summed E-state index contributed by atoms with van der Waals surface area (Å²) in [5.41, 5.74) is 4.35. The fraction of sp³-hybridized carbons (Fsp3) is 0.333. The Morgan fingerprint density at radius 2 is 1.79 bits per heavy atom. The van der Waals surface area contributed by atoms with Gasteiger partial charge < -0.3 is 4.31 Å². The summed E-state index contributed by atoms with van der Waals surface area (Å²) in [7, 11) is 0. The van der Waals surface area contributed by atoms with Gasteiger partial charge in [0.05, 0.1) is 6.54 Å². The Labute approximate surface area is 89.9 Å². The quantitative estimate of drug-likeness (QED) is 0.510. The molecular formula is C12H15NS. The summed E-state index contributed by atoms with van der Waals surface area (Å²) < 4.78 is 2.36. The number of hydrogen-bond donors (Lipinski definition) is 0. The van der Waals surface area contributed by atoms with Gasteiger partial charge in [-0.25, -0.2) is 0 Å². The average Bonchev–Trinajstić information content (AvgIpc) is 2.23. The van der Waals surface area contributed by atoms with E-state index in [-0.39, 0.29) is 0 Å². The van der Waals surface area contributed by atoms with Gasteiger partial charge >= 0.3 is 0 Å². The predicted molar refractivity (Wildman–Crippen MR) is 64.6 cm³/mol. The summed E-state index contributed by atoms with van der Waals surface area (Å²) in [4.78, 5) is 0. The van der Waals surface area contributed by atoms with Gasteiger partial charge in [-0.15, -0.1) is 0 Å². The molecule has 0 radical (unpaired) electrons. The molecule has 0 spiro atoms. The number of nitrogens with zero attached hydrogens (tertiary/aromatic N) is 1. The highest BCUT2D eigenvalue weighted by Crippen LogP contribution is 2.29. The van der Waals surface area contributed by atoms with Crippen molar-refractivity contribution in [1.82, 2.24) is 0 Å². The molecule has 1 aliphatic rings. The molecule has 0 saturated heterocycles. The predicted octanol–water partition coefficient (Wildman–Crippen LogP) is 3.49. The molecule has 0 N–H and O–H groups in total. The zero-order valence-corrected chi connectivity index (χ0v) is 9.47. The van der Waals surface area contributed by atoms with Crippen LogP contribution >= 0.6 is 11.9 Å². The van der Waals surface area contributed by atoms with Crippen molar-refractivity contribution in [1.29, 1.82) is 0 Å². The molecule has 0 saturated carbocycles. The van der Waals surface area contributed by atoms with Crippen LogP contribution in [0.2, 0.25) is 0 Å². The van der Waals surface area contributed by atoms with Gasteiger partial charge in [-0.05, 0) is 37.9 Å². The van der Waals surface area contributed by atoms with Crippen LogP contribution in [0.25, 0.3) is 0 Å². The van der Waals surface area contributed by atoms with Crippen molar-refractivity contribution in [3.63, 3.8) is 0 Å². The molecule has 0 fully saturated rings. The van der Waals surface area contributed by atoms with Crippen LogP contribution in [0.5, 0.6) is 0 Å². The van der Waals surface area contributed by atoms with Gasteiger partial charge in [0.15, 0.2) is 0 Å². The molecule has 74 valence electrons. The average molecular weight is 205 g/mol. The first kappa shape index (κ1) is 9.66. The lowest BCUT2D eigenvalue weighted by atomic mass is 10.1. The maximum atomic E-state index is 2.36. The van der Waals surface area contributed by atoms with Crippen LogP contribution in [0.3, 0.4) is 0 Å². The molecule has 0 bridgehead atoms. The van der Waals surface area contributed by atoms with Crippen LogP contribution in [0, 0.1) is 0 Å². The van der Waals surface area contributed by atoms with Gasteiger partial charge in [0.1, 0.15) is 0 Å². The van der Waals surface area contributed by atoms with E-state index in [4.69, 9.17) is 0 Å². The zero-order chi connectivity index (χ0) is 9.97. The van der Waals surface area contributed by atoms with E-state index < -0.39 is 0 Å². The van der Waals surface area contributed by atoms with Crippen LogP contribution in [-0.2, 0) is 0 Å². The lowest BCUT2D eigenvalue weighted by molar-refractivity contribution is 1.05. The first-order valence-electron chi connectivity index (χ1n) is 4.88. The van der Waals surface area contributed by atoms with Crippen molar-refractivity contribution in [2.45, 2.75) is 13.8 Å². The van der Waals surface area contributed by atoms with Crippen molar-refractivity contribution in [3.05, 3.63) is 41.5 Å². The third-order valence-electron chi connectivity index (χ3n) is 2.59. The summed E-state index contributed by atoms with van der Waals surface area (Å²) in [5.74, 6) is 1.13. The second-order valence-electron chi connectivity index (χ2n) is 3.71. The van der Waals surface area contributed by atoms with Gasteiger partial charge in [0, 0.05) is 11.4 Å². The molecule has 0 aliphatic carbocycles. The maximum Gasteiger partial charge on any atom is 0.0506 e. The van der Waals surface area contributed by atoms with Gasteiger partial charge in [0.2, 0.25) is 0 Å². The highest BCUT2D eigenvalue weighted by atomic mass is 32.2. The van der Waals surface area contributed by atoms with E-state index in [0.29, 0.717) is 0 Å². The van der Waals surface area contributed by atoms with E-state index in [1.807, 2.05) is 11.9 Å². The molecule has 0 unspecified atom stereocenters. The first-order valence-corrected chi connectivity index (χ1v) is 5.82. The Hall–Kier alpha value is -0.890. The largest absolute Gasteiger partial charge is 0.312 e. The number of hydrogen-bond acceptors (Lipinski definition) is 2. The van der Waals surface area contributed by atoms with Gasteiger partial charge in [0.25, 0.3) is 0 Å². The van der Waals surface area contributed by atoms with Crippen LogP contribution in [0.4, 0.5) is 5.69 Å². The Morgan fingerprint density at radius 1 is 1.07 bits per heavy atom. The highest BCUT2D eigenvalue weighted by molar-refractivity contribution is 8.00. The lowest BCUT2D eigenvalue weighted by Gasteiger charge is -2.29. The SMILES string of the molecule is CC1=C(C)CN(c2ccccc2)SC1. The van der Waals surface area contributed by atoms with E-state index in [9.17, 15) is 0 Å². The van der Waals surface area contributed by atoms with Gasteiger partial charge in [-0.1, -0.05) is 29.3 Å². The first-order chi connectivity index (χ1) is 6.77. The fourth-order valence-corrected chi connectivity index (χ4v) is 2.61. The van der Waals surface area contributed by atoms with E-state index in [1.54, 1.807) is 0 Å². The highest BCUT2D eigenvalue weighted by Gasteiger charge is 2.14. The van der Waals surface area contributed by atoms with Crippen molar-refractivity contribution in [2.75, 3.05) is 16.6 Å². The Balaban J connectivity index is 2.17. The van der Waals surface area contributed by atoms with Crippen LogP contribution in [0.15, 0.2) is 41.5 Å². The minimum Gasteiger partial charge on any atom is -0.312 e. The van der Waals surface area contributed by atoms with Crippen molar-refractivity contribution < 1.29 is 0 Å². The van der Waals surface area contributed by atoms with Crippen molar-refractivity contribution in [3.8, 4) is 0 Å². The Kier molecular flexibility index (Phi) is 2.82. The van der Waals surface area contributed by atoms with E-state index in [0.717, 1.165) is 12.3 Å². The van der Waals surface area contributed by atoms with E-state index >= 15 is 0 Å². The van der Waals surface area contributed by atoms with E-state index in [1.165, 1.54) is 16.8 Å². The topological polar surface area (TPSA) is 3.24 Å². The number of para-hydroxylation sites is 1. The summed E-state index contributed by atoms with van der Waals surface area (Å²) in [6.07, 6.45) is 0. The minimum absolute atomic E-state index is 1.06. The number of benzene rings is 1. The summed E-state index contributed by atoms with van der Waals surface area (Å²) in [5, 5.41) is 0. The monoisotopic (exact) mass is 205 g/mol. The normalized spacial score (nSPS) is 17.4. The Morgan fingerprint density at radius 3 is 2.43 bits per heavy atom. The van der Waals surface area contributed by atoms with Crippen LogP contribution in [0.1, 0.15) is 13.8 Å². The fourth-order valence-electron chi connectivity index (χ4n) is 1.45. The Bertz CT molecular complexity index is 343. The molecule has 1 aromatic rings. The second-order valence-corrected chi connectivity index (χ2v) is 4.69. The van der Waals surface area contributed by atoms with Gasteiger partial charge in [-0.3, -0.25) is 0 Å².